The number of nitrogens with zero attached hydrogens (tertiary/aromatic N) is 2. The summed E-state index contributed by atoms with van der Waals surface area (Å²) >= 11 is 0. The highest BCUT2D eigenvalue weighted by atomic mass is 17.0. The van der Waals surface area contributed by atoms with Crippen LogP contribution in [0.1, 0.15) is 25.7 Å². The molecule has 10 heteroatoms. The molecule has 1 rings (SSSR count). The topological polar surface area (TPSA) is 145 Å². The van der Waals surface area contributed by atoms with Gasteiger partial charge in [-0.3, -0.25) is 9.68 Å². The lowest BCUT2D eigenvalue weighted by Crippen LogP contribution is -2.61. The summed E-state index contributed by atoms with van der Waals surface area (Å²) in [6, 6.07) is 0. The zero-order valence-electron chi connectivity index (χ0n) is 8.07. The van der Waals surface area contributed by atoms with Crippen molar-refractivity contribution < 1.29 is 30.1 Å². The van der Waals surface area contributed by atoms with Gasteiger partial charge in [-0.25, -0.2) is 0 Å². The van der Waals surface area contributed by atoms with Crippen molar-refractivity contribution in [2.75, 3.05) is 0 Å². The van der Waals surface area contributed by atoms with Gasteiger partial charge in [0.1, 0.15) is 0 Å². The molecule has 0 spiro atoms. The first-order valence-electron chi connectivity index (χ1n) is 4.41. The molecular formula is C6H10N2O8. The van der Waals surface area contributed by atoms with Gasteiger partial charge in [-0.2, -0.15) is 0 Å². The van der Waals surface area contributed by atoms with Crippen LogP contribution in [0.25, 0.3) is 0 Å². The van der Waals surface area contributed by atoms with Crippen LogP contribution in [-0.4, -0.2) is 32.0 Å². The van der Waals surface area contributed by atoms with Gasteiger partial charge in [0.2, 0.25) is 0 Å². The number of hydrogen-bond donors (Lipinski definition) is 2. The Hall–Kier alpha value is -1.68. The highest BCUT2D eigenvalue weighted by Crippen LogP contribution is 2.39. The summed E-state index contributed by atoms with van der Waals surface area (Å²) in [6.45, 7) is 0. The second-order valence-corrected chi connectivity index (χ2v) is 3.41. The van der Waals surface area contributed by atoms with E-state index in [1.807, 2.05) is 0 Å². The Bertz CT molecular complexity index is 279. The van der Waals surface area contributed by atoms with Crippen LogP contribution in [-0.2, 0) is 9.68 Å². The van der Waals surface area contributed by atoms with E-state index >= 15 is 0 Å². The second-order valence-electron chi connectivity index (χ2n) is 3.41. The van der Waals surface area contributed by atoms with Gasteiger partial charge < -0.3 is 10.2 Å². The van der Waals surface area contributed by atoms with E-state index in [1.165, 1.54) is 0 Å². The summed E-state index contributed by atoms with van der Waals surface area (Å²) in [6.07, 6.45) is -0.0436. The lowest BCUT2D eigenvalue weighted by Gasteiger charge is -2.41. The monoisotopic (exact) mass is 238 g/mol. The van der Waals surface area contributed by atoms with E-state index in [2.05, 4.69) is 9.68 Å². The van der Waals surface area contributed by atoms with Gasteiger partial charge >= 0.3 is 0 Å². The predicted octanol–water partition coefficient (Wildman–Crippen LogP) is -0.646. The summed E-state index contributed by atoms with van der Waals surface area (Å²) in [4.78, 5) is 28.1. The Morgan fingerprint density at radius 1 is 0.938 bits per heavy atom. The van der Waals surface area contributed by atoms with Gasteiger partial charge in [-0.15, -0.1) is 20.2 Å². The molecule has 2 unspecified atom stereocenters. The summed E-state index contributed by atoms with van der Waals surface area (Å²) in [5.74, 6) is -5.44. The maximum atomic E-state index is 10.1. The first-order chi connectivity index (χ1) is 7.29. The molecule has 1 aliphatic rings. The number of aliphatic hydroxyl groups is 2. The van der Waals surface area contributed by atoms with E-state index in [1.54, 1.807) is 0 Å². The highest BCUT2D eigenvalue weighted by molar-refractivity contribution is 4.88. The third-order valence-electron chi connectivity index (χ3n) is 2.34. The van der Waals surface area contributed by atoms with Crippen molar-refractivity contribution in [3.05, 3.63) is 20.2 Å². The van der Waals surface area contributed by atoms with E-state index < -0.39 is 21.7 Å². The SMILES string of the molecule is O=[N+]([O-])OC1(O)CCCCC1(O)O[N+](=O)[O-]. The number of hydrogen-bond acceptors (Lipinski definition) is 8. The molecule has 0 heterocycles. The minimum absolute atomic E-state index is 0.313. The summed E-state index contributed by atoms with van der Waals surface area (Å²) in [5, 5.41) is 36.9. The second kappa shape index (κ2) is 4.06. The zero-order valence-corrected chi connectivity index (χ0v) is 8.07. The largest absolute Gasteiger partial charge is 0.362 e. The van der Waals surface area contributed by atoms with Crippen LogP contribution in [0.4, 0.5) is 0 Å². The van der Waals surface area contributed by atoms with Crippen LogP contribution >= 0.6 is 0 Å². The van der Waals surface area contributed by atoms with E-state index in [-0.39, 0.29) is 12.8 Å². The first-order valence-corrected chi connectivity index (χ1v) is 4.41. The quantitative estimate of drug-likeness (QED) is 0.373. The fourth-order valence-electron chi connectivity index (χ4n) is 1.60. The molecule has 1 fully saturated rings. The Balaban J connectivity index is 2.92. The molecule has 0 saturated heterocycles. The average molecular weight is 238 g/mol. The molecule has 10 nitrogen and oxygen atoms in total. The Morgan fingerprint density at radius 2 is 1.25 bits per heavy atom. The van der Waals surface area contributed by atoms with E-state index in [0.29, 0.717) is 12.8 Å². The summed E-state index contributed by atoms with van der Waals surface area (Å²) in [5.41, 5.74) is 0. The maximum Gasteiger partial charge on any atom is 0.297 e. The number of rotatable bonds is 4. The fourth-order valence-corrected chi connectivity index (χ4v) is 1.60. The van der Waals surface area contributed by atoms with Crippen molar-refractivity contribution in [3.8, 4) is 0 Å². The molecule has 0 amide bonds. The zero-order chi connectivity index (χ0) is 12.4. The molecule has 1 aliphatic carbocycles. The van der Waals surface area contributed by atoms with Crippen molar-refractivity contribution in [1.82, 2.24) is 0 Å². The molecule has 1 saturated carbocycles. The summed E-state index contributed by atoms with van der Waals surface area (Å²) in [7, 11) is 0. The van der Waals surface area contributed by atoms with Crippen molar-refractivity contribution >= 4 is 0 Å². The van der Waals surface area contributed by atoms with Crippen molar-refractivity contribution in [3.63, 3.8) is 0 Å². The van der Waals surface area contributed by atoms with Crippen LogP contribution in [0.2, 0.25) is 0 Å². The Kier molecular flexibility index (Phi) is 3.14. The normalized spacial score (nSPS) is 34.1. The van der Waals surface area contributed by atoms with Crippen LogP contribution in [0.3, 0.4) is 0 Å². The summed E-state index contributed by atoms with van der Waals surface area (Å²) < 4.78 is 0. The van der Waals surface area contributed by atoms with Gasteiger partial charge in [0, 0.05) is 12.8 Å². The van der Waals surface area contributed by atoms with Crippen LogP contribution in [0.5, 0.6) is 0 Å². The predicted molar refractivity (Wildman–Crippen MR) is 44.5 cm³/mol. The van der Waals surface area contributed by atoms with E-state index in [9.17, 15) is 30.4 Å². The average Bonchev–Trinajstić information content (AvgIpc) is 2.08. The van der Waals surface area contributed by atoms with Crippen molar-refractivity contribution in [1.29, 1.82) is 0 Å². The van der Waals surface area contributed by atoms with Gasteiger partial charge in [0.15, 0.2) is 0 Å². The highest BCUT2D eigenvalue weighted by Gasteiger charge is 2.57. The van der Waals surface area contributed by atoms with E-state index in [4.69, 9.17) is 0 Å². The molecule has 16 heavy (non-hydrogen) atoms. The van der Waals surface area contributed by atoms with E-state index in [0.717, 1.165) is 0 Å². The lowest BCUT2D eigenvalue weighted by molar-refractivity contribution is -0.849. The van der Waals surface area contributed by atoms with Crippen molar-refractivity contribution in [2.45, 2.75) is 37.3 Å². The smallest absolute Gasteiger partial charge is 0.297 e. The molecule has 0 aromatic heterocycles. The van der Waals surface area contributed by atoms with Gasteiger partial charge in [-0.1, -0.05) is 0 Å². The van der Waals surface area contributed by atoms with Crippen LogP contribution in [0, 0.1) is 20.2 Å². The molecule has 2 atom stereocenters. The Morgan fingerprint density at radius 3 is 1.50 bits per heavy atom. The standard InChI is InChI=1S/C6H10N2O8/c9-5(15-7(11)12)3-1-2-4-6(5,10)16-8(13)14/h9-10H,1-4H2. The molecule has 0 aromatic carbocycles. The minimum Gasteiger partial charge on any atom is -0.362 e. The first kappa shape index (κ1) is 12.4. The minimum atomic E-state index is -2.72. The fraction of sp³-hybridized carbons (Fsp3) is 1.00. The molecule has 0 radical (unpaired) electrons. The Labute approximate surface area is 88.6 Å². The van der Waals surface area contributed by atoms with Crippen LogP contribution < -0.4 is 0 Å². The van der Waals surface area contributed by atoms with Crippen LogP contribution in [0.15, 0.2) is 0 Å². The molecule has 0 bridgehead atoms. The molecule has 92 valence electrons. The third kappa shape index (κ3) is 2.28. The lowest BCUT2D eigenvalue weighted by atomic mass is 9.88. The molecular weight excluding hydrogens is 228 g/mol. The van der Waals surface area contributed by atoms with Crippen molar-refractivity contribution in [2.24, 2.45) is 0 Å². The van der Waals surface area contributed by atoms with Gasteiger partial charge in [0.05, 0.1) is 0 Å². The van der Waals surface area contributed by atoms with Gasteiger partial charge in [-0.05, 0) is 12.8 Å². The third-order valence-corrected chi connectivity index (χ3v) is 2.34. The maximum absolute atomic E-state index is 10.1. The van der Waals surface area contributed by atoms with Gasteiger partial charge in [0.25, 0.3) is 21.7 Å². The molecule has 2 N–H and O–H groups in total. The molecule has 0 aliphatic heterocycles. The molecule has 0 aromatic rings.